The Labute approximate surface area is 208 Å². The molecule has 8 heteroatoms. The van der Waals surface area contributed by atoms with Crippen molar-refractivity contribution in [2.45, 2.75) is 33.7 Å². The Hall–Kier alpha value is -2.97. The average molecular weight is 529 g/mol. The highest BCUT2D eigenvalue weighted by Crippen LogP contribution is 2.40. The summed E-state index contributed by atoms with van der Waals surface area (Å²) in [7, 11) is 0. The van der Waals surface area contributed by atoms with Gasteiger partial charge in [0, 0.05) is 30.0 Å². The number of rotatable bonds is 8. The van der Waals surface area contributed by atoms with Crippen molar-refractivity contribution in [1.82, 2.24) is 9.80 Å². The third-order valence-electron chi connectivity index (χ3n) is 5.96. The molecule has 1 fully saturated rings. The smallest absolute Gasteiger partial charge is 0.308 e. The topological polar surface area (TPSA) is 87.2 Å². The Morgan fingerprint density at radius 2 is 1.85 bits per heavy atom. The van der Waals surface area contributed by atoms with Crippen molar-refractivity contribution in [3.63, 3.8) is 0 Å². The summed E-state index contributed by atoms with van der Waals surface area (Å²) in [5, 5.41) is 11.2. The highest BCUT2D eigenvalue weighted by molar-refractivity contribution is 9.10. The summed E-state index contributed by atoms with van der Waals surface area (Å²) < 4.78 is 6.10. The van der Waals surface area contributed by atoms with E-state index in [0.29, 0.717) is 30.0 Å². The summed E-state index contributed by atoms with van der Waals surface area (Å²) >= 11 is 3.44. The van der Waals surface area contributed by atoms with Crippen LogP contribution in [0.2, 0.25) is 0 Å². The number of benzene rings is 2. The zero-order valence-corrected chi connectivity index (χ0v) is 21.4. The molecule has 1 aliphatic rings. The maximum atomic E-state index is 13.2. The summed E-state index contributed by atoms with van der Waals surface area (Å²) in [6, 6.07) is 11.1. The van der Waals surface area contributed by atoms with Gasteiger partial charge in [0.05, 0.1) is 11.6 Å². The molecule has 2 aromatic rings. The third kappa shape index (κ3) is 5.39. The maximum absolute atomic E-state index is 13.2. The molecule has 34 heavy (non-hydrogen) atoms. The van der Waals surface area contributed by atoms with Gasteiger partial charge in [-0.2, -0.15) is 0 Å². The van der Waals surface area contributed by atoms with Crippen molar-refractivity contribution >= 4 is 39.3 Å². The van der Waals surface area contributed by atoms with Gasteiger partial charge >= 0.3 is 5.97 Å². The lowest BCUT2D eigenvalue weighted by Gasteiger charge is -2.28. The van der Waals surface area contributed by atoms with Crippen molar-refractivity contribution in [2.75, 3.05) is 26.2 Å². The number of likely N-dealkylation sites (tertiary alicyclic amines) is 1. The van der Waals surface area contributed by atoms with E-state index in [1.165, 1.54) is 11.8 Å². The van der Waals surface area contributed by atoms with Crippen LogP contribution in [0.1, 0.15) is 43.5 Å². The van der Waals surface area contributed by atoms with Crippen molar-refractivity contribution in [1.29, 1.82) is 0 Å². The van der Waals surface area contributed by atoms with Crippen LogP contribution in [0.3, 0.4) is 0 Å². The zero-order chi connectivity index (χ0) is 25.0. The van der Waals surface area contributed by atoms with Crippen LogP contribution in [-0.4, -0.2) is 58.7 Å². The molecule has 1 saturated heterocycles. The van der Waals surface area contributed by atoms with Gasteiger partial charge in [0.2, 0.25) is 0 Å². The molecule has 180 valence electrons. The molecule has 0 aliphatic carbocycles. The Morgan fingerprint density at radius 3 is 2.47 bits per heavy atom. The first kappa shape index (κ1) is 25.6. The minimum atomic E-state index is -0.810. The van der Waals surface area contributed by atoms with E-state index in [4.69, 9.17) is 4.74 Å². The van der Waals surface area contributed by atoms with Gasteiger partial charge in [-0.15, -0.1) is 0 Å². The number of hydrogen-bond donors (Lipinski definition) is 1. The standard InChI is InChI=1S/C26H29BrN2O5/c1-5-28(6-2)12-13-29-23(18-8-7-9-20(15-18)34-17(4)30)22(25(32)26(29)33)24(31)19-10-11-21(27)16(3)14-19/h7-11,14-15,23,31H,5-6,12-13H2,1-4H3/b24-22-. The van der Waals surface area contributed by atoms with Crippen molar-refractivity contribution in [2.24, 2.45) is 0 Å². The first-order valence-electron chi connectivity index (χ1n) is 11.2. The van der Waals surface area contributed by atoms with E-state index in [9.17, 15) is 19.5 Å². The van der Waals surface area contributed by atoms with Gasteiger partial charge in [0.15, 0.2) is 0 Å². The predicted molar refractivity (Wildman–Crippen MR) is 133 cm³/mol. The molecule has 0 bridgehead atoms. The van der Waals surface area contributed by atoms with Gasteiger partial charge < -0.3 is 19.6 Å². The second-order valence-corrected chi connectivity index (χ2v) is 9.00. The SMILES string of the molecule is CCN(CC)CCN1C(=O)C(=O)/C(=C(\O)c2ccc(Br)c(C)c2)C1c1cccc(OC(C)=O)c1. The van der Waals surface area contributed by atoms with Crippen LogP contribution in [0, 0.1) is 6.92 Å². The number of esters is 1. The van der Waals surface area contributed by atoms with E-state index >= 15 is 0 Å². The lowest BCUT2D eigenvalue weighted by Crippen LogP contribution is -2.38. The number of halogens is 1. The lowest BCUT2D eigenvalue weighted by atomic mass is 9.94. The quantitative estimate of drug-likeness (QED) is 0.179. The first-order chi connectivity index (χ1) is 16.2. The molecule has 0 radical (unpaired) electrons. The molecule has 7 nitrogen and oxygen atoms in total. The molecule has 0 aromatic heterocycles. The number of carbonyl (C=O) groups excluding carboxylic acids is 3. The van der Waals surface area contributed by atoms with Gasteiger partial charge in [-0.3, -0.25) is 14.4 Å². The number of ketones is 1. The highest BCUT2D eigenvalue weighted by Gasteiger charge is 2.46. The van der Waals surface area contributed by atoms with Crippen LogP contribution in [0.4, 0.5) is 0 Å². The monoisotopic (exact) mass is 528 g/mol. The number of amides is 1. The maximum Gasteiger partial charge on any atom is 0.308 e. The molecule has 1 heterocycles. The van der Waals surface area contributed by atoms with Crippen molar-refractivity contribution in [3.05, 3.63) is 69.2 Å². The van der Waals surface area contributed by atoms with Crippen LogP contribution < -0.4 is 4.74 Å². The van der Waals surface area contributed by atoms with E-state index in [1.807, 2.05) is 20.8 Å². The number of nitrogens with zero attached hydrogens (tertiary/aromatic N) is 2. The highest BCUT2D eigenvalue weighted by atomic mass is 79.9. The van der Waals surface area contributed by atoms with E-state index in [0.717, 1.165) is 23.1 Å². The summed E-state index contributed by atoms with van der Waals surface area (Å²) in [5.74, 6) is -1.80. The number of aliphatic hydroxyl groups excluding tert-OH is 1. The van der Waals surface area contributed by atoms with Gasteiger partial charge in [-0.05, 0) is 55.4 Å². The second-order valence-electron chi connectivity index (χ2n) is 8.15. The summed E-state index contributed by atoms with van der Waals surface area (Å²) in [6.07, 6.45) is 0. The molecule has 1 amide bonds. The van der Waals surface area contributed by atoms with Gasteiger partial charge in [-0.1, -0.05) is 48.0 Å². The number of likely N-dealkylation sites (N-methyl/N-ethyl adjacent to an activating group) is 1. The van der Waals surface area contributed by atoms with Crippen molar-refractivity contribution < 1.29 is 24.2 Å². The molecular weight excluding hydrogens is 500 g/mol. The van der Waals surface area contributed by atoms with Gasteiger partial charge in [0.1, 0.15) is 11.5 Å². The normalized spacial score (nSPS) is 17.5. The first-order valence-corrected chi connectivity index (χ1v) is 12.0. The summed E-state index contributed by atoms with van der Waals surface area (Å²) in [4.78, 5) is 41.4. The van der Waals surface area contributed by atoms with Crippen molar-refractivity contribution in [3.8, 4) is 5.75 Å². The average Bonchev–Trinajstić information content (AvgIpc) is 3.05. The number of hydrogen-bond acceptors (Lipinski definition) is 6. The Bertz CT molecular complexity index is 1140. The molecule has 1 atom stereocenters. The predicted octanol–water partition coefficient (Wildman–Crippen LogP) is 4.45. The molecule has 1 aliphatic heterocycles. The zero-order valence-electron chi connectivity index (χ0n) is 19.8. The fourth-order valence-corrected chi connectivity index (χ4v) is 4.35. The van der Waals surface area contributed by atoms with Crippen LogP contribution in [-0.2, 0) is 14.4 Å². The second kappa shape index (κ2) is 11.0. The summed E-state index contributed by atoms with van der Waals surface area (Å²) in [6.45, 7) is 9.77. The minimum absolute atomic E-state index is 0.0197. The number of aliphatic hydroxyl groups is 1. The van der Waals surface area contributed by atoms with E-state index in [1.54, 1.807) is 42.5 Å². The molecule has 0 saturated carbocycles. The molecule has 2 aromatic carbocycles. The van der Waals surface area contributed by atoms with Crippen LogP contribution in [0.5, 0.6) is 5.75 Å². The van der Waals surface area contributed by atoms with Crippen LogP contribution in [0.25, 0.3) is 5.76 Å². The molecule has 0 spiro atoms. The Morgan fingerprint density at radius 1 is 1.15 bits per heavy atom. The fraction of sp³-hybridized carbons (Fsp3) is 0.346. The molecule has 1 N–H and O–H groups in total. The van der Waals surface area contributed by atoms with Gasteiger partial charge in [-0.25, -0.2) is 0 Å². The minimum Gasteiger partial charge on any atom is -0.507 e. The summed E-state index contributed by atoms with van der Waals surface area (Å²) in [5.41, 5.74) is 1.93. The number of ether oxygens (including phenoxy) is 1. The largest absolute Gasteiger partial charge is 0.507 e. The molecule has 3 rings (SSSR count). The number of Topliss-reactive ketones (excluding diaryl/α,β-unsaturated/α-hetero) is 1. The fourth-order valence-electron chi connectivity index (χ4n) is 4.11. The van der Waals surface area contributed by atoms with Crippen LogP contribution >= 0.6 is 15.9 Å². The third-order valence-corrected chi connectivity index (χ3v) is 6.85. The number of aryl methyl sites for hydroxylation is 1. The van der Waals surface area contributed by atoms with E-state index < -0.39 is 23.7 Å². The van der Waals surface area contributed by atoms with Crippen LogP contribution in [0.15, 0.2) is 52.5 Å². The van der Waals surface area contributed by atoms with E-state index in [2.05, 4.69) is 20.8 Å². The Kier molecular flexibility index (Phi) is 8.28. The molecule has 1 unspecified atom stereocenters. The number of carbonyl (C=O) groups is 3. The molecular formula is C26H29BrN2O5. The lowest BCUT2D eigenvalue weighted by molar-refractivity contribution is -0.140. The van der Waals surface area contributed by atoms with Gasteiger partial charge in [0.25, 0.3) is 11.7 Å². The van der Waals surface area contributed by atoms with E-state index in [-0.39, 0.29) is 11.3 Å². The Balaban J connectivity index is 2.14.